The smallest absolute Gasteiger partial charge is 0.00670 e. The largest absolute Gasteiger partial charge is 0.314 e. The van der Waals surface area contributed by atoms with Crippen LogP contribution in [0.15, 0.2) is 0 Å². The Morgan fingerprint density at radius 1 is 1.42 bits per heavy atom. The first-order valence-corrected chi connectivity index (χ1v) is 6.29. The number of thioether (sulfide) groups is 1. The number of nitrogens with one attached hydrogen (secondary N) is 1. The van der Waals surface area contributed by atoms with E-state index in [9.17, 15) is 0 Å². The van der Waals surface area contributed by atoms with Gasteiger partial charge in [0.25, 0.3) is 0 Å². The molecule has 2 atom stereocenters. The van der Waals surface area contributed by atoms with Crippen molar-refractivity contribution in [2.75, 3.05) is 12.8 Å². The number of rotatable bonds is 6. The van der Waals surface area contributed by atoms with Gasteiger partial charge in [0.05, 0.1) is 0 Å². The third-order valence-corrected chi connectivity index (χ3v) is 3.79. The molecule has 0 radical (unpaired) electrons. The van der Waals surface area contributed by atoms with Gasteiger partial charge in [-0.1, -0.05) is 6.92 Å². The fourth-order valence-electron chi connectivity index (χ4n) is 1.40. The predicted octanol–water partition coefficient (Wildman–Crippen LogP) is 2.52. The molecule has 0 heterocycles. The van der Waals surface area contributed by atoms with Crippen molar-refractivity contribution in [3.63, 3.8) is 0 Å². The summed E-state index contributed by atoms with van der Waals surface area (Å²) >= 11 is 1.96. The lowest BCUT2D eigenvalue weighted by Gasteiger charge is -2.14. The van der Waals surface area contributed by atoms with E-state index in [4.69, 9.17) is 0 Å². The van der Waals surface area contributed by atoms with Gasteiger partial charge in [-0.15, -0.1) is 0 Å². The molecule has 72 valence electrons. The Balaban J connectivity index is 1.93. The van der Waals surface area contributed by atoms with Crippen LogP contribution in [0.2, 0.25) is 0 Å². The Kier molecular flexibility index (Phi) is 4.44. The lowest BCUT2D eigenvalue weighted by molar-refractivity contribution is 0.490. The van der Waals surface area contributed by atoms with E-state index in [1.54, 1.807) is 0 Å². The zero-order valence-corrected chi connectivity index (χ0v) is 9.29. The maximum Gasteiger partial charge on any atom is 0.00670 e. The van der Waals surface area contributed by atoms with E-state index in [-0.39, 0.29) is 0 Å². The Hall–Kier alpha value is 0.310. The summed E-state index contributed by atoms with van der Waals surface area (Å²) in [5, 5.41) is 4.41. The second kappa shape index (κ2) is 5.13. The lowest BCUT2D eigenvalue weighted by Crippen LogP contribution is -2.29. The third kappa shape index (κ3) is 3.81. The molecule has 1 aliphatic rings. The normalized spacial score (nSPS) is 22.2. The van der Waals surface area contributed by atoms with Crippen molar-refractivity contribution in [1.29, 1.82) is 0 Å². The van der Waals surface area contributed by atoms with Crippen LogP contribution in [-0.2, 0) is 0 Å². The van der Waals surface area contributed by atoms with E-state index in [1.807, 2.05) is 11.8 Å². The molecule has 0 saturated heterocycles. The summed E-state index contributed by atoms with van der Waals surface area (Å²) in [6, 6.07) is 0.763. The Morgan fingerprint density at radius 2 is 2.08 bits per heavy atom. The number of hydrogen-bond donors (Lipinski definition) is 1. The highest BCUT2D eigenvalue weighted by atomic mass is 32.2. The minimum absolute atomic E-state index is 0.763. The maximum atomic E-state index is 3.60. The summed E-state index contributed by atoms with van der Waals surface area (Å²) in [4.78, 5) is 0. The molecule has 1 N–H and O–H groups in total. The quantitative estimate of drug-likeness (QED) is 0.686. The molecule has 1 fully saturated rings. The summed E-state index contributed by atoms with van der Waals surface area (Å²) in [6.07, 6.45) is 6.39. The van der Waals surface area contributed by atoms with Gasteiger partial charge in [0.15, 0.2) is 0 Å². The van der Waals surface area contributed by atoms with Gasteiger partial charge >= 0.3 is 0 Å². The lowest BCUT2D eigenvalue weighted by atomic mass is 10.2. The van der Waals surface area contributed by atoms with E-state index >= 15 is 0 Å². The minimum Gasteiger partial charge on any atom is -0.314 e. The van der Waals surface area contributed by atoms with Crippen LogP contribution in [0.3, 0.4) is 0 Å². The van der Waals surface area contributed by atoms with Gasteiger partial charge in [0.2, 0.25) is 0 Å². The van der Waals surface area contributed by atoms with E-state index in [0.29, 0.717) is 0 Å². The Labute approximate surface area is 80.7 Å². The first-order valence-electron chi connectivity index (χ1n) is 5.00. The van der Waals surface area contributed by atoms with Crippen molar-refractivity contribution in [1.82, 2.24) is 5.32 Å². The molecule has 0 aromatic heterocycles. The molecular weight excluding hydrogens is 166 g/mol. The fraction of sp³-hybridized carbons (Fsp3) is 1.00. The highest BCUT2D eigenvalue weighted by Crippen LogP contribution is 2.32. The van der Waals surface area contributed by atoms with Crippen LogP contribution in [0.5, 0.6) is 0 Å². The zero-order chi connectivity index (χ0) is 8.97. The molecule has 0 aliphatic heterocycles. The first kappa shape index (κ1) is 10.4. The molecule has 2 unspecified atom stereocenters. The van der Waals surface area contributed by atoms with Crippen molar-refractivity contribution >= 4 is 11.8 Å². The van der Waals surface area contributed by atoms with E-state index in [2.05, 4.69) is 25.4 Å². The number of hydrogen-bond acceptors (Lipinski definition) is 2. The predicted molar refractivity (Wildman–Crippen MR) is 57.8 cm³/mol. The Morgan fingerprint density at radius 3 is 2.58 bits per heavy atom. The molecule has 0 aromatic rings. The molecule has 1 aliphatic carbocycles. The zero-order valence-electron chi connectivity index (χ0n) is 8.47. The van der Waals surface area contributed by atoms with Crippen LogP contribution in [0.4, 0.5) is 0 Å². The van der Waals surface area contributed by atoms with Gasteiger partial charge < -0.3 is 5.32 Å². The van der Waals surface area contributed by atoms with Gasteiger partial charge in [-0.25, -0.2) is 0 Å². The second-order valence-electron chi connectivity index (χ2n) is 3.92. The van der Waals surface area contributed by atoms with Crippen molar-refractivity contribution in [2.24, 2.45) is 5.92 Å². The molecule has 1 saturated carbocycles. The van der Waals surface area contributed by atoms with Crippen LogP contribution in [0, 0.1) is 5.92 Å². The highest BCUT2D eigenvalue weighted by Gasteiger charge is 2.27. The third-order valence-electron chi connectivity index (χ3n) is 2.75. The summed E-state index contributed by atoms with van der Waals surface area (Å²) in [5.74, 6) is 0.995. The molecule has 2 heteroatoms. The molecule has 0 amide bonds. The summed E-state index contributed by atoms with van der Waals surface area (Å²) in [5.41, 5.74) is 0. The molecule has 0 bridgehead atoms. The van der Waals surface area contributed by atoms with E-state index in [0.717, 1.165) is 17.2 Å². The molecule has 0 aromatic carbocycles. The molecular formula is C10H21NS. The maximum absolute atomic E-state index is 3.60. The average molecular weight is 187 g/mol. The van der Waals surface area contributed by atoms with Crippen LogP contribution < -0.4 is 5.32 Å². The molecule has 12 heavy (non-hydrogen) atoms. The van der Waals surface area contributed by atoms with Crippen molar-refractivity contribution in [3.8, 4) is 0 Å². The fourth-order valence-corrected chi connectivity index (χ4v) is 1.75. The minimum atomic E-state index is 0.763. The van der Waals surface area contributed by atoms with Crippen molar-refractivity contribution in [2.45, 2.75) is 44.4 Å². The SMILES string of the molecule is CSC(C)CCNC(C)C1CC1. The van der Waals surface area contributed by atoms with Gasteiger partial charge in [-0.2, -0.15) is 11.8 Å². The van der Waals surface area contributed by atoms with Crippen LogP contribution >= 0.6 is 11.8 Å². The van der Waals surface area contributed by atoms with Crippen molar-refractivity contribution in [3.05, 3.63) is 0 Å². The van der Waals surface area contributed by atoms with Crippen LogP contribution in [0.25, 0.3) is 0 Å². The average Bonchev–Trinajstić information content (AvgIpc) is 2.86. The van der Waals surface area contributed by atoms with Crippen LogP contribution in [-0.4, -0.2) is 24.1 Å². The molecule has 1 rings (SSSR count). The van der Waals surface area contributed by atoms with Gasteiger partial charge in [-0.05, 0) is 44.9 Å². The van der Waals surface area contributed by atoms with Gasteiger partial charge in [0.1, 0.15) is 0 Å². The monoisotopic (exact) mass is 187 g/mol. The van der Waals surface area contributed by atoms with Crippen molar-refractivity contribution < 1.29 is 0 Å². The summed E-state index contributed by atoms with van der Waals surface area (Å²) < 4.78 is 0. The molecule has 0 spiro atoms. The van der Waals surface area contributed by atoms with E-state index in [1.165, 1.54) is 25.8 Å². The molecule has 1 nitrogen and oxygen atoms in total. The van der Waals surface area contributed by atoms with Gasteiger partial charge in [0, 0.05) is 11.3 Å². The summed E-state index contributed by atoms with van der Waals surface area (Å²) in [7, 11) is 0. The second-order valence-corrected chi connectivity index (χ2v) is 5.19. The van der Waals surface area contributed by atoms with Crippen LogP contribution in [0.1, 0.15) is 33.1 Å². The topological polar surface area (TPSA) is 12.0 Å². The highest BCUT2D eigenvalue weighted by molar-refractivity contribution is 7.99. The van der Waals surface area contributed by atoms with E-state index < -0.39 is 0 Å². The first-order chi connectivity index (χ1) is 5.74. The summed E-state index contributed by atoms with van der Waals surface area (Å²) in [6.45, 7) is 5.81. The standard InChI is InChI=1S/C10H21NS/c1-8(12-3)6-7-11-9(2)10-4-5-10/h8-11H,4-7H2,1-3H3. The Bertz CT molecular complexity index is 123. The van der Waals surface area contributed by atoms with Gasteiger partial charge in [-0.3, -0.25) is 0 Å².